The molecule has 0 radical (unpaired) electrons. The molecule has 1 N–H and O–H groups in total. The number of benzene rings is 1. The van der Waals surface area contributed by atoms with E-state index < -0.39 is 5.60 Å². The van der Waals surface area contributed by atoms with Crippen LogP contribution in [0.25, 0.3) is 27.7 Å². The highest BCUT2D eigenvalue weighted by Gasteiger charge is 2.29. The van der Waals surface area contributed by atoms with E-state index in [9.17, 15) is 9.59 Å². The number of aromatic nitrogens is 5. The standard InChI is InChI=1S/C31H37N7O3/c1-6-37-26(10-11-32-37)24-14-22(29(39)36-18-23-16-33-38(7-2)27(23)19-36)13-21-15-25(34-28(21)24)20-9-8-12-35(17-20)30(40)41-31(3,4)5/h9-11,13-16,34H,6-8,12,17-19H2,1-5H3. The summed E-state index contributed by atoms with van der Waals surface area (Å²) in [6.45, 7) is 13.4. The molecule has 0 fully saturated rings. The van der Waals surface area contributed by atoms with Gasteiger partial charge in [-0.05, 0) is 70.9 Å². The van der Waals surface area contributed by atoms with Gasteiger partial charge in [-0.25, -0.2) is 4.79 Å². The molecule has 10 nitrogen and oxygen atoms in total. The Morgan fingerprint density at radius 3 is 2.56 bits per heavy atom. The smallest absolute Gasteiger partial charge is 0.410 e. The normalized spacial score (nSPS) is 15.4. The van der Waals surface area contributed by atoms with Gasteiger partial charge in [-0.2, -0.15) is 10.2 Å². The predicted octanol–water partition coefficient (Wildman–Crippen LogP) is 5.45. The van der Waals surface area contributed by atoms with Gasteiger partial charge in [0.1, 0.15) is 5.60 Å². The highest BCUT2D eigenvalue weighted by molar-refractivity contribution is 6.04. The Morgan fingerprint density at radius 1 is 1.00 bits per heavy atom. The number of hydrogen-bond donors (Lipinski definition) is 1. The first-order chi connectivity index (χ1) is 19.6. The van der Waals surface area contributed by atoms with Crippen molar-refractivity contribution in [3.05, 3.63) is 65.2 Å². The molecule has 0 saturated carbocycles. The molecular formula is C31H37N7O3. The molecule has 0 atom stereocenters. The number of fused-ring (bicyclic) bond motifs is 2. The van der Waals surface area contributed by atoms with Gasteiger partial charge in [-0.3, -0.25) is 14.2 Å². The van der Waals surface area contributed by atoms with E-state index in [1.54, 1.807) is 11.1 Å². The van der Waals surface area contributed by atoms with Crippen LogP contribution in [0.4, 0.5) is 4.79 Å². The van der Waals surface area contributed by atoms with Crippen molar-refractivity contribution < 1.29 is 14.3 Å². The van der Waals surface area contributed by atoms with Crippen LogP contribution >= 0.6 is 0 Å². The molecule has 2 aliphatic heterocycles. The lowest BCUT2D eigenvalue weighted by Gasteiger charge is -2.30. The molecule has 0 spiro atoms. The third kappa shape index (κ3) is 5.03. The zero-order valence-corrected chi connectivity index (χ0v) is 24.4. The number of H-pyrrole nitrogens is 1. The summed E-state index contributed by atoms with van der Waals surface area (Å²) in [7, 11) is 0. The van der Waals surface area contributed by atoms with Gasteiger partial charge in [-0.15, -0.1) is 0 Å². The summed E-state index contributed by atoms with van der Waals surface area (Å²) in [5, 5.41) is 9.87. The molecular weight excluding hydrogens is 518 g/mol. The number of amides is 2. The number of nitrogens with zero attached hydrogens (tertiary/aromatic N) is 6. The van der Waals surface area contributed by atoms with E-state index in [0.717, 1.165) is 57.7 Å². The Labute approximate surface area is 239 Å². The quantitative estimate of drug-likeness (QED) is 0.353. The van der Waals surface area contributed by atoms with Crippen molar-refractivity contribution >= 4 is 28.5 Å². The average Bonchev–Trinajstić information content (AvgIpc) is 3.74. The number of carbonyl (C=O) groups is 2. The van der Waals surface area contributed by atoms with Crippen molar-refractivity contribution in [3.8, 4) is 11.3 Å². The monoisotopic (exact) mass is 555 g/mol. The Morgan fingerprint density at radius 2 is 1.80 bits per heavy atom. The summed E-state index contributed by atoms with van der Waals surface area (Å²) < 4.78 is 9.53. The maximum Gasteiger partial charge on any atom is 0.410 e. The third-order valence-corrected chi connectivity index (χ3v) is 7.74. The molecule has 2 amide bonds. The number of hydrogen-bond acceptors (Lipinski definition) is 5. The van der Waals surface area contributed by atoms with Crippen molar-refractivity contribution in [2.75, 3.05) is 13.1 Å². The molecule has 1 aromatic carbocycles. The second kappa shape index (κ2) is 10.2. The highest BCUT2D eigenvalue weighted by Crippen LogP contribution is 2.34. The number of aryl methyl sites for hydroxylation is 2. The maximum absolute atomic E-state index is 13.9. The second-order valence-corrected chi connectivity index (χ2v) is 11.7. The fourth-order valence-corrected chi connectivity index (χ4v) is 5.78. The van der Waals surface area contributed by atoms with Gasteiger partial charge in [0.15, 0.2) is 0 Å². The minimum atomic E-state index is -0.549. The van der Waals surface area contributed by atoms with Crippen LogP contribution in [0, 0.1) is 0 Å². The fraction of sp³-hybridized carbons (Fsp3) is 0.419. The average molecular weight is 556 g/mol. The number of carbonyl (C=O) groups excluding carboxylic acids is 2. The summed E-state index contributed by atoms with van der Waals surface area (Å²) >= 11 is 0. The Kier molecular flexibility index (Phi) is 6.71. The van der Waals surface area contributed by atoms with Gasteiger partial charge in [0.05, 0.1) is 36.2 Å². The Hall–Kier alpha value is -4.34. The zero-order chi connectivity index (χ0) is 28.9. The zero-order valence-electron chi connectivity index (χ0n) is 24.4. The maximum atomic E-state index is 13.9. The van der Waals surface area contributed by atoms with Crippen molar-refractivity contribution in [2.24, 2.45) is 0 Å². The van der Waals surface area contributed by atoms with E-state index in [1.807, 2.05) is 59.4 Å². The topological polar surface area (TPSA) is 101 Å². The molecule has 2 aliphatic rings. The van der Waals surface area contributed by atoms with Crippen LogP contribution in [-0.4, -0.2) is 65.0 Å². The number of rotatable bonds is 5. The number of aromatic amines is 1. The molecule has 10 heteroatoms. The van der Waals surface area contributed by atoms with Crippen molar-refractivity contribution in [1.29, 1.82) is 0 Å². The molecule has 3 aromatic heterocycles. The summed E-state index contributed by atoms with van der Waals surface area (Å²) in [5.74, 6) is -0.00898. The third-order valence-electron chi connectivity index (χ3n) is 7.74. The number of nitrogens with one attached hydrogen (secondary N) is 1. The lowest BCUT2D eigenvalue weighted by atomic mass is 10.0. The largest absolute Gasteiger partial charge is 0.444 e. The van der Waals surface area contributed by atoms with Crippen LogP contribution in [-0.2, 0) is 30.9 Å². The molecule has 41 heavy (non-hydrogen) atoms. The van der Waals surface area contributed by atoms with Gasteiger partial charge in [0, 0.05) is 60.1 Å². The van der Waals surface area contributed by atoms with Crippen molar-refractivity contribution in [3.63, 3.8) is 0 Å². The van der Waals surface area contributed by atoms with E-state index in [2.05, 4.69) is 41.2 Å². The fourth-order valence-electron chi connectivity index (χ4n) is 5.78. The SMILES string of the molecule is CCn1nccc1-c1cc(C(=O)N2Cc3cnn(CC)c3C2)cc2cc(C3=CCCN(C(=O)OC(C)(C)C)C3)[nH]c12. The Bertz CT molecular complexity index is 1670. The van der Waals surface area contributed by atoms with Gasteiger partial charge in [0.25, 0.3) is 5.91 Å². The highest BCUT2D eigenvalue weighted by atomic mass is 16.6. The van der Waals surface area contributed by atoms with E-state index in [-0.39, 0.29) is 12.0 Å². The lowest BCUT2D eigenvalue weighted by Crippen LogP contribution is -2.39. The summed E-state index contributed by atoms with van der Waals surface area (Å²) in [5.41, 5.74) is 7.06. The van der Waals surface area contributed by atoms with E-state index in [0.29, 0.717) is 38.3 Å². The molecule has 6 rings (SSSR count). The lowest BCUT2D eigenvalue weighted by molar-refractivity contribution is 0.0273. The van der Waals surface area contributed by atoms with Crippen LogP contribution in [0.5, 0.6) is 0 Å². The van der Waals surface area contributed by atoms with Gasteiger partial charge in [-0.1, -0.05) is 6.08 Å². The van der Waals surface area contributed by atoms with Crippen LogP contribution in [0.15, 0.2) is 42.7 Å². The first-order valence-electron chi connectivity index (χ1n) is 14.3. The van der Waals surface area contributed by atoms with E-state index in [1.165, 1.54) is 0 Å². The molecule has 0 unspecified atom stereocenters. The van der Waals surface area contributed by atoms with E-state index >= 15 is 0 Å². The minimum absolute atomic E-state index is 0.00898. The predicted molar refractivity (Wildman–Crippen MR) is 157 cm³/mol. The number of ether oxygens (including phenoxy) is 1. The molecule has 0 aliphatic carbocycles. The van der Waals surface area contributed by atoms with Crippen molar-refractivity contribution in [1.82, 2.24) is 34.3 Å². The molecule has 4 aromatic rings. The van der Waals surface area contributed by atoms with Gasteiger partial charge >= 0.3 is 6.09 Å². The van der Waals surface area contributed by atoms with Crippen LogP contribution in [0.1, 0.15) is 68.3 Å². The molecule has 214 valence electrons. The van der Waals surface area contributed by atoms with Gasteiger partial charge in [0.2, 0.25) is 0 Å². The first kappa shape index (κ1) is 26.9. The second-order valence-electron chi connectivity index (χ2n) is 11.7. The summed E-state index contributed by atoms with van der Waals surface area (Å²) in [6.07, 6.45) is 6.27. The minimum Gasteiger partial charge on any atom is -0.444 e. The summed E-state index contributed by atoms with van der Waals surface area (Å²) in [4.78, 5) is 33.9. The van der Waals surface area contributed by atoms with Crippen LogP contribution in [0.3, 0.4) is 0 Å². The summed E-state index contributed by atoms with van der Waals surface area (Å²) in [6, 6.07) is 8.02. The molecule has 0 bridgehead atoms. The first-order valence-corrected chi connectivity index (χ1v) is 14.3. The van der Waals surface area contributed by atoms with Crippen molar-refractivity contribution in [2.45, 2.75) is 72.8 Å². The van der Waals surface area contributed by atoms with E-state index in [4.69, 9.17) is 4.74 Å². The molecule has 5 heterocycles. The van der Waals surface area contributed by atoms with Gasteiger partial charge < -0.3 is 19.5 Å². The van der Waals surface area contributed by atoms with Crippen LogP contribution < -0.4 is 0 Å². The Balaban J connectivity index is 1.36. The van der Waals surface area contributed by atoms with Crippen LogP contribution in [0.2, 0.25) is 0 Å². The molecule has 0 saturated heterocycles.